The van der Waals surface area contributed by atoms with Crippen molar-refractivity contribution >= 4 is 15.5 Å². The summed E-state index contributed by atoms with van der Waals surface area (Å²) in [5.41, 5.74) is 0.105. The lowest BCUT2D eigenvalue weighted by atomic mass is 10.2. The maximum atomic E-state index is 12.5. The summed E-state index contributed by atoms with van der Waals surface area (Å²) in [6, 6.07) is 9.11. The van der Waals surface area contributed by atoms with E-state index in [0.29, 0.717) is 5.56 Å². The van der Waals surface area contributed by atoms with Gasteiger partial charge in [-0.25, -0.2) is 8.42 Å². The monoisotopic (exact) mass is 293 g/mol. The minimum atomic E-state index is -4.16. The minimum absolute atomic E-state index is 0.341. The average Bonchev–Trinajstić information content (AvgIpc) is 2.41. The third-order valence-electron chi connectivity index (χ3n) is 2.76. The summed E-state index contributed by atoms with van der Waals surface area (Å²) in [6.45, 7) is 1.66. The Hall–Kier alpha value is -2.41. The molecule has 0 radical (unpaired) electrons. The standard InChI is InChI=1S/C13H11NO5S/c1-9-6-7-11(15)13(8-9)20(18,19)12-5-3-2-4-10(12)14(16)17/h2-8,15H,1H3. The van der Waals surface area contributed by atoms with E-state index in [4.69, 9.17) is 0 Å². The maximum Gasteiger partial charge on any atom is 0.288 e. The predicted octanol–water partition coefficient (Wildman–Crippen LogP) is 2.44. The summed E-state index contributed by atoms with van der Waals surface area (Å²) in [4.78, 5) is 9.39. The topological polar surface area (TPSA) is 97.5 Å². The number of nitro groups is 1. The van der Waals surface area contributed by atoms with Crippen molar-refractivity contribution in [3.05, 3.63) is 58.1 Å². The van der Waals surface area contributed by atoms with Crippen LogP contribution < -0.4 is 0 Å². The summed E-state index contributed by atoms with van der Waals surface area (Å²) in [7, 11) is -4.16. The van der Waals surface area contributed by atoms with Crippen LogP contribution in [0.25, 0.3) is 0 Å². The molecule has 0 saturated heterocycles. The van der Waals surface area contributed by atoms with E-state index >= 15 is 0 Å². The van der Waals surface area contributed by atoms with Gasteiger partial charge in [-0.15, -0.1) is 0 Å². The minimum Gasteiger partial charge on any atom is -0.507 e. The zero-order valence-corrected chi connectivity index (χ0v) is 11.3. The molecule has 0 amide bonds. The fraction of sp³-hybridized carbons (Fsp3) is 0.0769. The lowest BCUT2D eigenvalue weighted by Gasteiger charge is -2.08. The SMILES string of the molecule is Cc1ccc(O)c(S(=O)(=O)c2ccccc2[N+](=O)[O-])c1. The fourth-order valence-corrected chi connectivity index (χ4v) is 3.39. The van der Waals surface area contributed by atoms with E-state index < -0.39 is 31.1 Å². The molecule has 0 aliphatic rings. The van der Waals surface area contributed by atoms with E-state index in [-0.39, 0.29) is 4.90 Å². The second-order valence-corrected chi connectivity index (χ2v) is 6.09. The number of phenols is 1. The van der Waals surface area contributed by atoms with Gasteiger partial charge in [0.25, 0.3) is 5.69 Å². The van der Waals surface area contributed by atoms with Crippen molar-refractivity contribution in [3.63, 3.8) is 0 Å². The van der Waals surface area contributed by atoms with Gasteiger partial charge >= 0.3 is 0 Å². The van der Waals surface area contributed by atoms with Crippen molar-refractivity contribution in [1.82, 2.24) is 0 Å². The molecular weight excluding hydrogens is 282 g/mol. The van der Waals surface area contributed by atoms with Crippen LogP contribution in [0.15, 0.2) is 52.3 Å². The number of sulfone groups is 1. The third-order valence-corrected chi connectivity index (χ3v) is 4.59. The van der Waals surface area contributed by atoms with Crippen molar-refractivity contribution in [2.75, 3.05) is 0 Å². The van der Waals surface area contributed by atoms with Crippen LogP contribution in [0.2, 0.25) is 0 Å². The largest absolute Gasteiger partial charge is 0.507 e. The lowest BCUT2D eigenvalue weighted by Crippen LogP contribution is -2.06. The number of aromatic hydroxyl groups is 1. The maximum absolute atomic E-state index is 12.5. The van der Waals surface area contributed by atoms with Gasteiger partial charge in [0, 0.05) is 6.07 Å². The third kappa shape index (κ3) is 2.35. The van der Waals surface area contributed by atoms with Crippen LogP contribution in [0.5, 0.6) is 5.75 Å². The van der Waals surface area contributed by atoms with Crippen LogP contribution in [0.4, 0.5) is 5.69 Å². The van der Waals surface area contributed by atoms with E-state index in [0.717, 1.165) is 12.1 Å². The number of aryl methyl sites for hydroxylation is 1. The molecule has 0 aliphatic carbocycles. The smallest absolute Gasteiger partial charge is 0.288 e. The predicted molar refractivity (Wildman–Crippen MR) is 71.4 cm³/mol. The number of nitro benzene ring substituents is 1. The second-order valence-electron chi connectivity index (χ2n) is 4.20. The molecule has 2 rings (SSSR count). The summed E-state index contributed by atoms with van der Waals surface area (Å²) in [5, 5.41) is 20.6. The molecule has 0 atom stereocenters. The van der Waals surface area contributed by atoms with Crippen LogP contribution in [-0.4, -0.2) is 18.4 Å². The van der Waals surface area contributed by atoms with Crippen molar-refractivity contribution in [2.45, 2.75) is 16.7 Å². The van der Waals surface area contributed by atoms with Gasteiger partial charge in [0.1, 0.15) is 15.5 Å². The summed E-state index contributed by atoms with van der Waals surface area (Å²) in [6.07, 6.45) is 0. The van der Waals surface area contributed by atoms with E-state index in [1.807, 2.05) is 0 Å². The molecule has 2 aromatic rings. The molecule has 0 saturated carbocycles. The first-order valence-electron chi connectivity index (χ1n) is 5.62. The van der Waals surface area contributed by atoms with Gasteiger partial charge < -0.3 is 5.11 Å². The van der Waals surface area contributed by atoms with Gasteiger partial charge in [0.05, 0.1) is 4.92 Å². The van der Waals surface area contributed by atoms with Crippen molar-refractivity contribution < 1.29 is 18.4 Å². The van der Waals surface area contributed by atoms with Crippen LogP contribution in [0.3, 0.4) is 0 Å². The van der Waals surface area contributed by atoms with Crippen molar-refractivity contribution in [3.8, 4) is 5.75 Å². The molecular formula is C13H11NO5S. The van der Waals surface area contributed by atoms with E-state index in [2.05, 4.69) is 0 Å². The Kier molecular flexibility index (Phi) is 3.46. The molecule has 0 aromatic heterocycles. The Balaban J connectivity index is 2.74. The molecule has 0 aliphatic heterocycles. The zero-order chi connectivity index (χ0) is 14.9. The van der Waals surface area contributed by atoms with E-state index in [1.165, 1.54) is 24.3 Å². The molecule has 20 heavy (non-hydrogen) atoms. The Morgan fingerprint density at radius 1 is 1.10 bits per heavy atom. The highest BCUT2D eigenvalue weighted by atomic mass is 32.2. The normalized spacial score (nSPS) is 11.2. The van der Waals surface area contributed by atoms with E-state index in [1.54, 1.807) is 13.0 Å². The number of rotatable bonds is 3. The quantitative estimate of drug-likeness (QED) is 0.692. The number of hydrogen-bond acceptors (Lipinski definition) is 5. The van der Waals surface area contributed by atoms with Gasteiger partial charge in [-0.3, -0.25) is 10.1 Å². The number of benzene rings is 2. The number of phenolic OH excluding ortho intramolecular Hbond substituents is 1. The Morgan fingerprint density at radius 2 is 1.75 bits per heavy atom. The molecule has 0 heterocycles. The first kappa shape index (κ1) is 14.0. The number of para-hydroxylation sites is 1. The Labute approximate surface area is 115 Å². The van der Waals surface area contributed by atoms with Crippen LogP contribution in [0, 0.1) is 17.0 Å². The number of nitrogens with zero attached hydrogens (tertiary/aromatic N) is 1. The first-order chi connectivity index (χ1) is 9.34. The van der Waals surface area contributed by atoms with Crippen LogP contribution >= 0.6 is 0 Å². The molecule has 1 N–H and O–H groups in total. The first-order valence-corrected chi connectivity index (χ1v) is 7.10. The van der Waals surface area contributed by atoms with Gasteiger partial charge in [0.15, 0.2) is 0 Å². The molecule has 0 fully saturated rings. The van der Waals surface area contributed by atoms with Gasteiger partial charge in [-0.1, -0.05) is 18.2 Å². The van der Waals surface area contributed by atoms with Gasteiger partial charge in [0.2, 0.25) is 9.84 Å². The van der Waals surface area contributed by atoms with Crippen molar-refractivity contribution in [1.29, 1.82) is 0 Å². The highest BCUT2D eigenvalue weighted by molar-refractivity contribution is 7.91. The average molecular weight is 293 g/mol. The molecule has 104 valence electrons. The summed E-state index contributed by atoms with van der Waals surface area (Å²) >= 11 is 0. The van der Waals surface area contributed by atoms with Gasteiger partial charge in [-0.2, -0.15) is 0 Å². The fourth-order valence-electron chi connectivity index (χ4n) is 1.79. The Bertz CT molecular complexity index is 783. The molecule has 7 heteroatoms. The lowest BCUT2D eigenvalue weighted by molar-refractivity contribution is -0.387. The molecule has 0 spiro atoms. The summed E-state index contributed by atoms with van der Waals surface area (Å²) < 4.78 is 24.9. The summed E-state index contributed by atoms with van der Waals surface area (Å²) in [5.74, 6) is -0.436. The van der Waals surface area contributed by atoms with Crippen molar-refractivity contribution in [2.24, 2.45) is 0 Å². The van der Waals surface area contributed by atoms with E-state index in [9.17, 15) is 23.6 Å². The molecule has 0 unspecified atom stereocenters. The number of hydrogen-bond donors (Lipinski definition) is 1. The highest BCUT2D eigenvalue weighted by Gasteiger charge is 2.29. The Morgan fingerprint density at radius 3 is 2.40 bits per heavy atom. The second kappa shape index (κ2) is 4.93. The van der Waals surface area contributed by atoms with Gasteiger partial charge in [-0.05, 0) is 30.7 Å². The zero-order valence-electron chi connectivity index (χ0n) is 10.5. The molecule has 6 nitrogen and oxygen atoms in total. The van der Waals surface area contributed by atoms with Crippen LogP contribution in [0.1, 0.15) is 5.56 Å². The van der Waals surface area contributed by atoms with Crippen LogP contribution in [-0.2, 0) is 9.84 Å². The molecule has 2 aromatic carbocycles. The molecule has 0 bridgehead atoms. The highest BCUT2D eigenvalue weighted by Crippen LogP contribution is 2.33.